The van der Waals surface area contributed by atoms with Crippen LogP contribution in [0.4, 0.5) is 5.69 Å². The first-order valence-corrected chi connectivity index (χ1v) is 7.05. The number of hydrogen-bond acceptors (Lipinski definition) is 8. The smallest absolute Gasteiger partial charge is 0.244 e. The van der Waals surface area contributed by atoms with Crippen molar-refractivity contribution in [3.05, 3.63) is 53.1 Å². The number of imidazole rings is 1. The van der Waals surface area contributed by atoms with Gasteiger partial charge >= 0.3 is 0 Å². The van der Waals surface area contributed by atoms with Gasteiger partial charge in [0.15, 0.2) is 0 Å². The molecule has 118 valence electrons. The molecule has 1 aliphatic heterocycles. The number of rotatable bonds is 3. The van der Waals surface area contributed by atoms with Gasteiger partial charge in [-0.1, -0.05) is 17.3 Å². The van der Waals surface area contributed by atoms with Crippen molar-refractivity contribution in [1.82, 2.24) is 25.4 Å². The van der Waals surface area contributed by atoms with E-state index in [-0.39, 0.29) is 17.0 Å². The molecule has 0 radical (unpaired) electrons. The summed E-state index contributed by atoms with van der Waals surface area (Å²) < 4.78 is 5.33. The van der Waals surface area contributed by atoms with E-state index >= 15 is 0 Å². The normalized spacial score (nSPS) is 17.0. The molecule has 0 spiro atoms. The van der Waals surface area contributed by atoms with Crippen LogP contribution in [-0.4, -0.2) is 25.3 Å². The highest BCUT2D eigenvalue weighted by atomic mass is 16.8. The van der Waals surface area contributed by atoms with Gasteiger partial charge in [-0.05, 0) is 12.1 Å². The second-order valence-corrected chi connectivity index (χ2v) is 5.24. The van der Waals surface area contributed by atoms with Crippen molar-refractivity contribution in [3.63, 3.8) is 0 Å². The first kappa shape index (κ1) is 13.9. The standard InChI is InChI=1S/C14H13N6O3/c21-20(22)9-3-1-2-8(4-9)13-18-14(23-19-13)11-5-10-12(6-15-11)17-7-16-10/h1-4,7,11,15,21H,5-6H2,(H,16,17)/q-1/t11-/m0/s1. The Morgan fingerprint density at radius 1 is 1.39 bits per heavy atom. The summed E-state index contributed by atoms with van der Waals surface area (Å²) >= 11 is 0. The number of aromatic nitrogens is 4. The van der Waals surface area contributed by atoms with Crippen molar-refractivity contribution < 1.29 is 9.73 Å². The summed E-state index contributed by atoms with van der Waals surface area (Å²) in [5.74, 6) is 0.820. The van der Waals surface area contributed by atoms with Crippen LogP contribution in [0, 0.1) is 5.21 Å². The SMILES string of the molecule is [O-]N(O)c1cccc(-c2noc([C@@H]3Cc4nc[nH]c4CN3)n2)c1. The Morgan fingerprint density at radius 2 is 2.30 bits per heavy atom. The van der Waals surface area contributed by atoms with E-state index < -0.39 is 0 Å². The monoisotopic (exact) mass is 313 g/mol. The molecule has 0 bridgehead atoms. The Hall–Kier alpha value is -2.75. The van der Waals surface area contributed by atoms with Crippen molar-refractivity contribution in [2.24, 2.45) is 0 Å². The molecule has 1 aromatic carbocycles. The van der Waals surface area contributed by atoms with Gasteiger partial charge in [-0.2, -0.15) is 4.98 Å². The molecule has 0 saturated heterocycles. The van der Waals surface area contributed by atoms with E-state index in [1.165, 1.54) is 12.1 Å². The molecule has 1 aliphatic rings. The highest BCUT2D eigenvalue weighted by Gasteiger charge is 2.26. The van der Waals surface area contributed by atoms with Crippen molar-refractivity contribution >= 4 is 5.69 Å². The van der Waals surface area contributed by atoms with Crippen LogP contribution < -0.4 is 10.5 Å². The zero-order valence-corrected chi connectivity index (χ0v) is 11.9. The number of nitrogens with zero attached hydrogens (tertiary/aromatic N) is 4. The lowest BCUT2D eigenvalue weighted by molar-refractivity contribution is 0.296. The number of aromatic amines is 1. The Labute approximate surface area is 130 Å². The second-order valence-electron chi connectivity index (χ2n) is 5.24. The molecule has 0 amide bonds. The van der Waals surface area contributed by atoms with Crippen LogP contribution in [-0.2, 0) is 13.0 Å². The molecule has 23 heavy (non-hydrogen) atoms. The molecule has 0 fully saturated rings. The summed E-state index contributed by atoms with van der Waals surface area (Å²) in [6.07, 6.45) is 2.33. The zero-order chi connectivity index (χ0) is 15.8. The third kappa shape index (κ3) is 2.57. The Morgan fingerprint density at radius 3 is 3.17 bits per heavy atom. The first-order valence-electron chi connectivity index (χ1n) is 7.05. The van der Waals surface area contributed by atoms with Gasteiger partial charge in [-0.3, -0.25) is 10.5 Å². The van der Waals surface area contributed by atoms with Crippen LogP contribution in [0.25, 0.3) is 11.4 Å². The molecule has 0 aliphatic carbocycles. The van der Waals surface area contributed by atoms with Crippen molar-refractivity contribution in [2.75, 3.05) is 5.23 Å². The number of nitrogens with one attached hydrogen (secondary N) is 2. The maximum Gasteiger partial charge on any atom is 0.244 e. The average Bonchev–Trinajstić information content (AvgIpc) is 3.23. The predicted molar refractivity (Wildman–Crippen MR) is 79.2 cm³/mol. The Kier molecular flexibility index (Phi) is 3.30. The molecule has 3 N–H and O–H groups in total. The minimum absolute atomic E-state index is 0.103. The van der Waals surface area contributed by atoms with Gasteiger partial charge in [0.1, 0.15) is 0 Å². The van der Waals surface area contributed by atoms with Crippen LogP contribution in [0.5, 0.6) is 0 Å². The molecular weight excluding hydrogens is 300 g/mol. The summed E-state index contributed by atoms with van der Waals surface area (Å²) in [5, 5.41) is 27.0. The molecule has 3 aromatic rings. The lowest BCUT2D eigenvalue weighted by atomic mass is 10.1. The van der Waals surface area contributed by atoms with Gasteiger partial charge in [0, 0.05) is 18.5 Å². The van der Waals surface area contributed by atoms with Gasteiger partial charge in [-0.25, -0.2) is 4.98 Å². The largest absolute Gasteiger partial charge is 0.733 e. The van der Waals surface area contributed by atoms with E-state index in [1.807, 2.05) is 0 Å². The maximum atomic E-state index is 11.0. The molecule has 2 aromatic heterocycles. The molecule has 9 nitrogen and oxygen atoms in total. The van der Waals surface area contributed by atoms with Crippen LogP contribution in [0.2, 0.25) is 0 Å². The summed E-state index contributed by atoms with van der Waals surface area (Å²) in [7, 11) is 0. The highest BCUT2D eigenvalue weighted by molar-refractivity contribution is 5.62. The molecule has 1 atom stereocenters. The third-order valence-corrected chi connectivity index (χ3v) is 3.80. The lowest BCUT2D eigenvalue weighted by Crippen LogP contribution is -2.28. The fourth-order valence-electron chi connectivity index (χ4n) is 2.60. The maximum absolute atomic E-state index is 11.0. The van der Waals surface area contributed by atoms with E-state index in [4.69, 9.17) is 9.73 Å². The van der Waals surface area contributed by atoms with Crippen LogP contribution in [0.3, 0.4) is 0 Å². The van der Waals surface area contributed by atoms with E-state index in [0.29, 0.717) is 30.2 Å². The van der Waals surface area contributed by atoms with Crippen molar-refractivity contribution in [1.29, 1.82) is 0 Å². The highest BCUT2D eigenvalue weighted by Crippen LogP contribution is 2.26. The Bertz CT molecular complexity index is 827. The number of benzene rings is 1. The van der Waals surface area contributed by atoms with Crippen molar-refractivity contribution in [3.8, 4) is 11.4 Å². The summed E-state index contributed by atoms with van der Waals surface area (Å²) in [5.41, 5.74) is 2.74. The zero-order valence-electron chi connectivity index (χ0n) is 11.9. The predicted octanol–water partition coefficient (Wildman–Crippen LogP) is 1.54. The molecule has 0 saturated carbocycles. The van der Waals surface area contributed by atoms with Gasteiger partial charge in [0.05, 0.1) is 29.4 Å². The van der Waals surface area contributed by atoms with Crippen LogP contribution in [0.1, 0.15) is 23.3 Å². The number of hydrogen-bond donors (Lipinski definition) is 3. The van der Waals surface area contributed by atoms with Gasteiger partial charge in [0.25, 0.3) is 0 Å². The molecule has 4 rings (SSSR count). The van der Waals surface area contributed by atoms with E-state index in [2.05, 4.69) is 25.4 Å². The third-order valence-electron chi connectivity index (χ3n) is 3.80. The van der Waals surface area contributed by atoms with Crippen LogP contribution >= 0.6 is 0 Å². The summed E-state index contributed by atoms with van der Waals surface area (Å²) in [6, 6.07) is 6.24. The number of fused-ring (bicyclic) bond motifs is 1. The number of anilines is 1. The minimum atomic E-state index is -0.202. The summed E-state index contributed by atoms with van der Waals surface area (Å²) in [6.45, 7) is 0.656. The fourth-order valence-corrected chi connectivity index (χ4v) is 2.60. The summed E-state index contributed by atoms with van der Waals surface area (Å²) in [4.78, 5) is 11.7. The second kappa shape index (κ2) is 5.47. The van der Waals surface area contributed by atoms with Gasteiger partial charge < -0.3 is 19.9 Å². The minimum Gasteiger partial charge on any atom is -0.733 e. The average molecular weight is 313 g/mol. The van der Waals surface area contributed by atoms with E-state index in [9.17, 15) is 5.21 Å². The first-order chi connectivity index (χ1) is 11.2. The quantitative estimate of drug-likeness (QED) is 0.621. The Balaban J connectivity index is 1.59. The van der Waals surface area contributed by atoms with Crippen LogP contribution in [0.15, 0.2) is 35.1 Å². The van der Waals surface area contributed by atoms with E-state index in [0.717, 1.165) is 11.4 Å². The fraction of sp³-hybridized carbons (Fsp3) is 0.214. The number of H-pyrrole nitrogens is 1. The molecule has 9 heteroatoms. The topological polar surface area (TPSA) is 126 Å². The molecular formula is C14H13N6O3-. The lowest BCUT2D eigenvalue weighted by Gasteiger charge is -2.21. The van der Waals surface area contributed by atoms with E-state index in [1.54, 1.807) is 18.5 Å². The molecule has 3 heterocycles. The van der Waals surface area contributed by atoms with Crippen molar-refractivity contribution in [2.45, 2.75) is 19.0 Å². The van der Waals surface area contributed by atoms with Gasteiger partial charge in [-0.15, -0.1) is 0 Å². The molecule has 0 unspecified atom stereocenters. The van der Waals surface area contributed by atoms with Gasteiger partial charge in [0.2, 0.25) is 11.7 Å².